The van der Waals surface area contributed by atoms with Crippen LogP contribution in [0, 0.1) is 6.92 Å². The number of hydrogen-bond donors (Lipinski definition) is 1. The molecule has 0 amide bonds. The normalized spacial score (nSPS) is 12.8. The van der Waals surface area contributed by atoms with Crippen molar-refractivity contribution in [1.29, 1.82) is 0 Å². The molecule has 0 bridgehead atoms. The second-order valence-electron chi connectivity index (χ2n) is 3.42. The molecule has 1 rings (SSSR count). The lowest BCUT2D eigenvalue weighted by atomic mass is 9.94. The molecule has 13 heavy (non-hydrogen) atoms. The number of rotatable bonds is 3. The first kappa shape index (κ1) is 10.6. The molecule has 2 heteroatoms. The first-order chi connectivity index (χ1) is 6.15. The Labute approximate surface area is 87.9 Å². The Kier molecular flexibility index (Phi) is 3.79. The van der Waals surface area contributed by atoms with Gasteiger partial charge < -0.3 is 5.11 Å². The topological polar surface area (TPSA) is 20.2 Å². The first-order valence-electron chi connectivity index (χ1n) is 4.50. The molecule has 0 fully saturated rings. The molecule has 1 atom stereocenters. The number of phenolic OH excluding ortho intramolecular Hbond substituents is 1. The molecular formula is C11H15BrO. The molecule has 0 saturated heterocycles. The van der Waals surface area contributed by atoms with Crippen molar-refractivity contribution in [3.05, 3.63) is 29.3 Å². The minimum Gasteiger partial charge on any atom is -0.508 e. The third kappa shape index (κ3) is 2.73. The predicted molar refractivity (Wildman–Crippen MR) is 59.7 cm³/mol. The third-order valence-electron chi connectivity index (χ3n) is 2.33. The van der Waals surface area contributed by atoms with E-state index in [0.29, 0.717) is 11.7 Å². The van der Waals surface area contributed by atoms with Crippen molar-refractivity contribution in [3.8, 4) is 5.75 Å². The molecule has 0 aliphatic carbocycles. The number of phenols is 1. The molecule has 1 aromatic rings. The summed E-state index contributed by atoms with van der Waals surface area (Å²) in [6.07, 6.45) is 1.13. The Balaban J connectivity index is 2.88. The smallest absolute Gasteiger partial charge is 0.115 e. The summed E-state index contributed by atoms with van der Waals surface area (Å²) in [4.78, 5) is 0. The van der Waals surface area contributed by atoms with Crippen LogP contribution in [0.1, 0.15) is 30.4 Å². The quantitative estimate of drug-likeness (QED) is 0.804. The summed E-state index contributed by atoms with van der Waals surface area (Å²) in [5.74, 6) is 0.910. The minimum absolute atomic E-state index is 0.354. The van der Waals surface area contributed by atoms with Crippen LogP contribution in [-0.2, 0) is 0 Å². The van der Waals surface area contributed by atoms with Crippen LogP contribution < -0.4 is 0 Å². The summed E-state index contributed by atoms with van der Waals surface area (Å²) in [5.41, 5.74) is 2.51. The van der Waals surface area contributed by atoms with Gasteiger partial charge in [0.25, 0.3) is 0 Å². The molecule has 1 nitrogen and oxygen atoms in total. The van der Waals surface area contributed by atoms with E-state index in [1.54, 1.807) is 6.07 Å². The van der Waals surface area contributed by atoms with Crippen molar-refractivity contribution in [3.63, 3.8) is 0 Å². The van der Waals surface area contributed by atoms with Gasteiger partial charge >= 0.3 is 0 Å². The van der Waals surface area contributed by atoms with Gasteiger partial charge in [-0.15, -0.1) is 0 Å². The van der Waals surface area contributed by atoms with E-state index < -0.39 is 0 Å². The zero-order valence-corrected chi connectivity index (χ0v) is 9.63. The standard InChI is InChI=1S/C11H15BrO/c1-8(5-6-12)11-4-3-10(13)7-9(11)2/h3-4,7-8,13H,5-6H2,1-2H3. The van der Waals surface area contributed by atoms with E-state index in [1.807, 2.05) is 19.1 Å². The number of halogens is 1. The lowest BCUT2D eigenvalue weighted by Crippen LogP contribution is -1.96. The summed E-state index contributed by atoms with van der Waals surface area (Å²) in [5, 5.41) is 10.3. The Morgan fingerprint density at radius 1 is 1.46 bits per heavy atom. The number of aromatic hydroxyl groups is 1. The van der Waals surface area contributed by atoms with E-state index in [0.717, 1.165) is 11.8 Å². The van der Waals surface area contributed by atoms with Crippen LogP contribution in [0.25, 0.3) is 0 Å². The van der Waals surface area contributed by atoms with Crippen LogP contribution in [0.15, 0.2) is 18.2 Å². The highest BCUT2D eigenvalue weighted by atomic mass is 79.9. The average Bonchev–Trinajstić information content (AvgIpc) is 2.04. The van der Waals surface area contributed by atoms with E-state index in [9.17, 15) is 5.11 Å². The lowest BCUT2D eigenvalue weighted by Gasteiger charge is -2.13. The van der Waals surface area contributed by atoms with Crippen LogP contribution in [0.2, 0.25) is 0 Å². The molecule has 72 valence electrons. The first-order valence-corrected chi connectivity index (χ1v) is 5.62. The zero-order chi connectivity index (χ0) is 9.84. The summed E-state index contributed by atoms with van der Waals surface area (Å²) in [7, 11) is 0. The molecule has 0 heterocycles. The molecule has 1 aromatic carbocycles. The van der Waals surface area contributed by atoms with Crippen molar-refractivity contribution in [1.82, 2.24) is 0 Å². The Hall–Kier alpha value is -0.500. The average molecular weight is 243 g/mol. The van der Waals surface area contributed by atoms with Crippen molar-refractivity contribution in [2.45, 2.75) is 26.2 Å². The predicted octanol–water partition coefficient (Wildman–Crippen LogP) is 3.59. The van der Waals surface area contributed by atoms with Crippen LogP contribution in [0.3, 0.4) is 0 Å². The minimum atomic E-state index is 0.354. The van der Waals surface area contributed by atoms with Gasteiger partial charge in [0, 0.05) is 5.33 Å². The maximum absolute atomic E-state index is 9.24. The zero-order valence-electron chi connectivity index (χ0n) is 8.05. The SMILES string of the molecule is Cc1cc(O)ccc1C(C)CCBr. The van der Waals surface area contributed by atoms with E-state index in [1.165, 1.54) is 11.1 Å². The fourth-order valence-corrected chi connectivity index (χ4v) is 2.22. The van der Waals surface area contributed by atoms with Gasteiger partial charge in [-0.2, -0.15) is 0 Å². The monoisotopic (exact) mass is 242 g/mol. The van der Waals surface area contributed by atoms with E-state index in [-0.39, 0.29) is 0 Å². The molecule has 0 radical (unpaired) electrons. The van der Waals surface area contributed by atoms with Crippen molar-refractivity contribution < 1.29 is 5.11 Å². The summed E-state index contributed by atoms with van der Waals surface area (Å²) in [6.45, 7) is 4.25. The van der Waals surface area contributed by atoms with E-state index >= 15 is 0 Å². The molecule has 0 spiro atoms. The Morgan fingerprint density at radius 2 is 2.15 bits per heavy atom. The summed E-state index contributed by atoms with van der Waals surface area (Å²) in [6, 6.07) is 5.59. The molecule has 0 saturated carbocycles. The number of aryl methyl sites for hydroxylation is 1. The van der Waals surface area contributed by atoms with Crippen LogP contribution in [-0.4, -0.2) is 10.4 Å². The molecule has 1 unspecified atom stereocenters. The highest BCUT2D eigenvalue weighted by Gasteiger charge is 2.07. The van der Waals surface area contributed by atoms with Gasteiger partial charge in [-0.1, -0.05) is 28.9 Å². The third-order valence-corrected chi connectivity index (χ3v) is 2.78. The van der Waals surface area contributed by atoms with Crippen molar-refractivity contribution >= 4 is 15.9 Å². The fraction of sp³-hybridized carbons (Fsp3) is 0.455. The fourth-order valence-electron chi connectivity index (χ4n) is 1.53. The van der Waals surface area contributed by atoms with Crippen LogP contribution in [0.5, 0.6) is 5.75 Å². The largest absolute Gasteiger partial charge is 0.508 e. The van der Waals surface area contributed by atoms with Gasteiger partial charge in [0.15, 0.2) is 0 Å². The number of benzene rings is 1. The maximum Gasteiger partial charge on any atom is 0.115 e. The number of alkyl halides is 1. The van der Waals surface area contributed by atoms with Gasteiger partial charge in [-0.3, -0.25) is 0 Å². The van der Waals surface area contributed by atoms with Crippen LogP contribution in [0.4, 0.5) is 0 Å². The highest BCUT2D eigenvalue weighted by molar-refractivity contribution is 9.09. The van der Waals surface area contributed by atoms with Gasteiger partial charge in [-0.25, -0.2) is 0 Å². The molecule has 1 N–H and O–H groups in total. The lowest BCUT2D eigenvalue weighted by molar-refractivity contribution is 0.474. The molecule has 0 aliphatic heterocycles. The van der Waals surface area contributed by atoms with E-state index in [2.05, 4.69) is 22.9 Å². The number of hydrogen-bond acceptors (Lipinski definition) is 1. The van der Waals surface area contributed by atoms with E-state index in [4.69, 9.17) is 0 Å². The van der Waals surface area contributed by atoms with Gasteiger partial charge in [0.05, 0.1) is 0 Å². The van der Waals surface area contributed by atoms with Crippen molar-refractivity contribution in [2.75, 3.05) is 5.33 Å². The summed E-state index contributed by atoms with van der Waals surface area (Å²) < 4.78 is 0. The molecule has 0 aliphatic rings. The van der Waals surface area contributed by atoms with Crippen LogP contribution >= 0.6 is 15.9 Å². The summed E-state index contributed by atoms with van der Waals surface area (Å²) >= 11 is 3.44. The van der Waals surface area contributed by atoms with Gasteiger partial charge in [0.1, 0.15) is 5.75 Å². The molecule has 0 aromatic heterocycles. The van der Waals surface area contributed by atoms with Crippen molar-refractivity contribution in [2.24, 2.45) is 0 Å². The Bertz CT molecular complexity index is 283. The Morgan fingerprint density at radius 3 is 2.69 bits per heavy atom. The maximum atomic E-state index is 9.24. The van der Waals surface area contributed by atoms with Gasteiger partial charge in [0.2, 0.25) is 0 Å². The van der Waals surface area contributed by atoms with Gasteiger partial charge in [-0.05, 0) is 42.5 Å². The second-order valence-corrected chi connectivity index (χ2v) is 4.21. The highest BCUT2D eigenvalue weighted by Crippen LogP contribution is 2.25. The molecular weight excluding hydrogens is 228 g/mol. The second kappa shape index (κ2) is 4.66.